The molecule has 0 unspecified atom stereocenters. The van der Waals surface area contributed by atoms with Gasteiger partial charge in [0.25, 0.3) is 0 Å². The number of anilines is 3. The van der Waals surface area contributed by atoms with Crippen molar-refractivity contribution in [3.05, 3.63) is 78.5 Å². The van der Waals surface area contributed by atoms with Crippen molar-refractivity contribution in [2.24, 2.45) is 0 Å². The number of hydrogen-bond acceptors (Lipinski definition) is 5. The van der Waals surface area contributed by atoms with Crippen LogP contribution in [0.4, 0.5) is 39.4 Å². The Bertz CT molecular complexity index is 1440. The number of pyridine rings is 1. The molecule has 1 aliphatic heterocycles. The largest absolute Gasteiger partial charge is 0.457 e. The molecule has 0 radical (unpaired) electrons. The summed E-state index contributed by atoms with van der Waals surface area (Å²) in [6.45, 7) is 1.26. The minimum atomic E-state index is -4.59. The second-order valence-electron chi connectivity index (χ2n) is 8.65. The number of carbonyl (C=O) groups excluding carboxylic acids is 1. The molecule has 12 heteroatoms. The van der Waals surface area contributed by atoms with Gasteiger partial charge in [0, 0.05) is 54.6 Å². The number of halogens is 4. The van der Waals surface area contributed by atoms with Crippen LogP contribution < -0.4 is 20.3 Å². The topological polar surface area (TPSA) is 95.2 Å². The lowest BCUT2D eigenvalue weighted by atomic mass is 10.1. The molecule has 3 heterocycles. The first-order valence-corrected chi connectivity index (χ1v) is 11.7. The van der Waals surface area contributed by atoms with Crippen LogP contribution in [0.5, 0.6) is 11.5 Å². The maximum atomic E-state index is 14.5. The quantitative estimate of drug-likeness (QED) is 0.244. The molecular formula is C26H22F4N6O2. The van der Waals surface area contributed by atoms with Crippen LogP contribution in [0, 0.1) is 5.82 Å². The molecule has 1 saturated heterocycles. The molecule has 0 aliphatic carbocycles. The Kier molecular flexibility index (Phi) is 6.86. The first-order valence-electron chi connectivity index (χ1n) is 11.7. The van der Waals surface area contributed by atoms with Crippen LogP contribution >= 0.6 is 0 Å². The van der Waals surface area contributed by atoms with Gasteiger partial charge in [0.05, 0.1) is 23.1 Å². The Labute approximate surface area is 214 Å². The zero-order chi connectivity index (χ0) is 26.7. The lowest BCUT2D eigenvalue weighted by molar-refractivity contribution is -0.137. The fourth-order valence-electron chi connectivity index (χ4n) is 4.11. The molecule has 0 bridgehead atoms. The van der Waals surface area contributed by atoms with E-state index in [2.05, 4.69) is 25.8 Å². The van der Waals surface area contributed by atoms with Crippen molar-refractivity contribution in [3.63, 3.8) is 0 Å². The highest BCUT2D eigenvalue weighted by Crippen LogP contribution is 2.35. The van der Waals surface area contributed by atoms with E-state index in [0.717, 1.165) is 36.6 Å². The van der Waals surface area contributed by atoms with Gasteiger partial charge in [-0.15, -0.1) is 0 Å². The molecule has 0 spiro atoms. The summed E-state index contributed by atoms with van der Waals surface area (Å²) in [5.74, 6) is -0.110. The van der Waals surface area contributed by atoms with Crippen LogP contribution in [-0.2, 0) is 6.18 Å². The number of hydrogen-bond donors (Lipinski definition) is 3. The van der Waals surface area contributed by atoms with Crippen molar-refractivity contribution >= 4 is 23.1 Å². The summed E-state index contributed by atoms with van der Waals surface area (Å²) in [5, 5.41) is 11.3. The van der Waals surface area contributed by atoms with Crippen molar-refractivity contribution in [3.8, 4) is 22.8 Å². The summed E-state index contributed by atoms with van der Waals surface area (Å²) >= 11 is 0. The highest BCUT2D eigenvalue weighted by Gasteiger charge is 2.32. The molecule has 1 fully saturated rings. The number of urea groups is 1. The van der Waals surface area contributed by atoms with Crippen molar-refractivity contribution < 1.29 is 27.1 Å². The van der Waals surface area contributed by atoms with Gasteiger partial charge in [-0.25, -0.2) is 9.18 Å². The second-order valence-corrected chi connectivity index (χ2v) is 8.65. The van der Waals surface area contributed by atoms with Gasteiger partial charge < -0.3 is 20.3 Å². The molecule has 0 atom stereocenters. The average molecular weight is 526 g/mol. The normalized spacial score (nSPS) is 13.4. The van der Waals surface area contributed by atoms with E-state index in [0.29, 0.717) is 30.2 Å². The molecular weight excluding hydrogens is 504 g/mol. The van der Waals surface area contributed by atoms with Gasteiger partial charge in [0.15, 0.2) is 0 Å². The van der Waals surface area contributed by atoms with Crippen LogP contribution in [-0.4, -0.2) is 34.3 Å². The van der Waals surface area contributed by atoms with Crippen LogP contribution in [0.2, 0.25) is 0 Å². The van der Waals surface area contributed by atoms with Crippen molar-refractivity contribution in [1.29, 1.82) is 0 Å². The maximum Gasteiger partial charge on any atom is 0.416 e. The third-order valence-corrected chi connectivity index (χ3v) is 5.92. The fraction of sp³-hybridized carbons (Fsp3) is 0.192. The van der Waals surface area contributed by atoms with E-state index in [1.165, 1.54) is 18.2 Å². The van der Waals surface area contributed by atoms with Gasteiger partial charge in [-0.3, -0.25) is 10.1 Å². The number of carbonyl (C=O) groups is 1. The van der Waals surface area contributed by atoms with E-state index < -0.39 is 23.6 Å². The predicted molar refractivity (Wildman–Crippen MR) is 134 cm³/mol. The number of rotatable bonds is 6. The van der Waals surface area contributed by atoms with E-state index in [1.807, 2.05) is 4.90 Å². The minimum absolute atomic E-state index is 0.0596. The first kappa shape index (κ1) is 25.1. The van der Waals surface area contributed by atoms with Gasteiger partial charge >= 0.3 is 12.2 Å². The highest BCUT2D eigenvalue weighted by atomic mass is 19.4. The summed E-state index contributed by atoms with van der Waals surface area (Å²) < 4.78 is 60.7. The number of alkyl halides is 3. The maximum absolute atomic E-state index is 14.5. The van der Waals surface area contributed by atoms with E-state index in [9.17, 15) is 22.4 Å². The molecule has 1 aliphatic rings. The van der Waals surface area contributed by atoms with Crippen LogP contribution in [0.1, 0.15) is 18.4 Å². The Morgan fingerprint density at radius 3 is 2.53 bits per heavy atom. The SMILES string of the molecule is O=C(Nc1cc(N2CCCC2)cc(C(F)(F)F)c1)Nc1cc(Oc2ccnc(-c3cn[nH]c3)c2)ccc1F. The number of amides is 2. The lowest BCUT2D eigenvalue weighted by Gasteiger charge is -2.21. The molecule has 2 aromatic carbocycles. The third kappa shape index (κ3) is 5.85. The molecule has 8 nitrogen and oxygen atoms in total. The molecule has 3 N–H and O–H groups in total. The number of H-pyrrole nitrogens is 1. The molecule has 2 amide bonds. The van der Waals surface area contributed by atoms with Crippen molar-refractivity contribution in [1.82, 2.24) is 15.2 Å². The van der Waals surface area contributed by atoms with Crippen LogP contribution in [0.3, 0.4) is 0 Å². The molecule has 2 aromatic heterocycles. The van der Waals surface area contributed by atoms with E-state index in [-0.39, 0.29) is 17.1 Å². The average Bonchev–Trinajstić information content (AvgIpc) is 3.61. The second kappa shape index (κ2) is 10.4. The smallest absolute Gasteiger partial charge is 0.416 e. The predicted octanol–water partition coefficient (Wildman–Crippen LogP) is 6.67. The summed E-state index contributed by atoms with van der Waals surface area (Å²) in [7, 11) is 0. The third-order valence-electron chi connectivity index (χ3n) is 5.92. The number of aromatic nitrogens is 3. The van der Waals surface area contributed by atoms with Crippen LogP contribution in [0.15, 0.2) is 67.1 Å². The molecule has 5 rings (SSSR count). The molecule has 38 heavy (non-hydrogen) atoms. The zero-order valence-electron chi connectivity index (χ0n) is 19.8. The summed E-state index contributed by atoms with van der Waals surface area (Å²) in [5.41, 5.74) is 0.556. The van der Waals surface area contributed by atoms with Crippen molar-refractivity contribution in [2.75, 3.05) is 28.6 Å². The first-order chi connectivity index (χ1) is 18.2. The number of nitrogens with zero attached hydrogens (tertiary/aromatic N) is 3. The van der Waals surface area contributed by atoms with Gasteiger partial charge in [0.1, 0.15) is 17.3 Å². The van der Waals surface area contributed by atoms with Gasteiger partial charge in [-0.05, 0) is 49.2 Å². The number of benzene rings is 2. The number of nitrogens with one attached hydrogen (secondary N) is 3. The summed E-state index contributed by atoms with van der Waals surface area (Å²) in [6.07, 6.45) is 1.97. The lowest BCUT2D eigenvalue weighted by Crippen LogP contribution is -2.22. The molecule has 4 aromatic rings. The number of ether oxygens (including phenoxy) is 1. The standard InChI is InChI=1S/C26H22F4N6O2/c27-22-4-3-20(38-21-5-6-31-23(12-21)16-14-32-33-15-16)13-24(22)35-25(37)34-18-9-17(26(28,29)30)10-19(11-18)36-7-1-2-8-36/h3-6,9-15H,1-2,7-8H2,(H,32,33)(H2,34,35,37). The van der Waals surface area contributed by atoms with E-state index in [1.54, 1.807) is 30.7 Å². The zero-order valence-corrected chi connectivity index (χ0v) is 19.8. The number of aromatic amines is 1. The summed E-state index contributed by atoms with van der Waals surface area (Å²) in [6, 6.07) is 9.51. The van der Waals surface area contributed by atoms with E-state index in [4.69, 9.17) is 4.74 Å². The highest BCUT2D eigenvalue weighted by molar-refractivity contribution is 6.00. The Morgan fingerprint density at radius 2 is 1.79 bits per heavy atom. The Morgan fingerprint density at radius 1 is 1.00 bits per heavy atom. The van der Waals surface area contributed by atoms with Crippen LogP contribution in [0.25, 0.3) is 11.3 Å². The minimum Gasteiger partial charge on any atom is -0.457 e. The monoisotopic (exact) mass is 526 g/mol. The van der Waals surface area contributed by atoms with Crippen molar-refractivity contribution in [2.45, 2.75) is 19.0 Å². The van der Waals surface area contributed by atoms with E-state index >= 15 is 0 Å². The molecule has 196 valence electrons. The van der Waals surface area contributed by atoms with Gasteiger partial charge in [-0.2, -0.15) is 18.3 Å². The summed E-state index contributed by atoms with van der Waals surface area (Å²) in [4.78, 5) is 18.7. The van der Waals surface area contributed by atoms with Gasteiger partial charge in [0.2, 0.25) is 0 Å². The Balaban J connectivity index is 1.32. The fourth-order valence-corrected chi connectivity index (χ4v) is 4.11. The Hall–Kier alpha value is -4.61. The molecule has 0 saturated carbocycles. The van der Waals surface area contributed by atoms with Gasteiger partial charge in [-0.1, -0.05) is 0 Å².